The number of azo groups is 3. The van der Waals surface area contributed by atoms with E-state index in [0.717, 1.165) is 0 Å². The fraction of sp³-hybridized carbons (Fsp3) is 0.0244. The third-order valence-corrected chi connectivity index (χ3v) is 10.2. The maximum Gasteiger partial charge on any atom is 0.335 e. The van der Waals surface area contributed by atoms with Crippen LogP contribution in [-0.4, -0.2) is 47.9 Å². The van der Waals surface area contributed by atoms with Crippen LogP contribution in [-0.2, 0) is 24.2 Å². The summed E-state index contributed by atoms with van der Waals surface area (Å²) in [7, 11) is -2.96. The minimum atomic E-state index is -4.39. The van der Waals surface area contributed by atoms with Crippen LogP contribution in [0.15, 0.2) is 173 Å². The van der Waals surface area contributed by atoms with Crippen molar-refractivity contribution in [3.8, 4) is 5.75 Å². The molecule has 0 aliphatic rings. The molecule has 0 amide bonds. The molecular formula is C41H30N8O10S2. The second-order valence-electron chi connectivity index (χ2n) is 12.6. The number of rotatable bonds is 15. The topological polar surface area (TPSA) is 258 Å². The molecule has 7 aromatic rings. The van der Waals surface area contributed by atoms with E-state index in [2.05, 4.69) is 50.4 Å². The Balaban J connectivity index is 1.10. The normalized spacial score (nSPS) is 12.1. The summed E-state index contributed by atoms with van der Waals surface area (Å²) in [5, 5.41) is 64.2. The number of benzene rings is 7. The predicted molar refractivity (Wildman–Crippen MR) is 227 cm³/mol. The lowest BCUT2D eigenvalue weighted by atomic mass is 10.1. The summed E-state index contributed by atoms with van der Waals surface area (Å²) in [4.78, 5) is 15.6. The van der Waals surface area contributed by atoms with Gasteiger partial charge < -0.3 is 20.3 Å². The lowest BCUT2D eigenvalue weighted by molar-refractivity contribution is -0.432. The number of phenolic OH excluding ortho intramolecular Hbond substituents is 1. The number of aromatic carboxylic acids is 1. The number of carbonyl (C=O) groups is 1. The number of hydrogen-bond acceptors (Lipinski definition) is 17. The number of aromatic hydroxyl groups is 1. The van der Waals surface area contributed by atoms with Crippen molar-refractivity contribution in [2.45, 2.75) is 9.79 Å². The molecule has 7 rings (SSSR count). The SMILES string of the molecule is COC=Nc1cc(N=Nc2c(SOOO)cc3ccc(Nc4ccc(C(=O)O)cc4)cc3c2O)ccc1N=Nc1ccc(N=Nc2ccc3c(S(=O)(=O)O)cccc3c2)cc1. The monoisotopic (exact) mass is 858 g/mol. The fourth-order valence-corrected chi connectivity index (χ4v) is 7.02. The summed E-state index contributed by atoms with van der Waals surface area (Å²) in [6, 6.07) is 33.9. The van der Waals surface area contributed by atoms with Crippen LogP contribution in [0.2, 0.25) is 0 Å². The van der Waals surface area contributed by atoms with Crippen LogP contribution in [0.25, 0.3) is 21.5 Å². The van der Waals surface area contributed by atoms with Gasteiger partial charge in [-0.15, -0.1) is 14.6 Å². The number of nitrogens with zero attached hydrogens (tertiary/aromatic N) is 7. The van der Waals surface area contributed by atoms with Crippen molar-refractivity contribution < 1.29 is 47.3 Å². The molecule has 0 fully saturated rings. The van der Waals surface area contributed by atoms with Crippen LogP contribution in [0.4, 0.5) is 51.2 Å². The molecule has 0 heterocycles. The number of carboxylic acids is 1. The van der Waals surface area contributed by atoms with Gasteiger partial charge in [0.2, 0.25) is 0 Å². The first-order valence-electron chi connectivity index (χ1n) is 17.6. The van der Waals surface area contributed by atoms with Gasteiger partial charge in [0.25, 0.3) is 10.1 Å². The Kier molecular flexibility index (Phi) is 12.7. The highest BCUT2D eigenvalue weighted by Gasteiger charge is 2.17. The van der Waals surface area contributed by atoms with Gasteiger partial charge in [-0.3, -0.25) is 4.55 Å². The molecule has 7 aromatic carbocycles. The quantitative estimate of drug-likeness (QED) is 0.0123. The molecule has 0 saturated heterocycles. The van der Waals surface area contributed by atoms with Gasteiger partial charge >= 0.3 is 5.97 Å². The Morgan fingerprint density at radius 1 is 0.689 bits per heavy atom. The van der Waals surface area contributed by atoms with Gasteiger partial charge in [0.05, 0.1) is 58.0 Å². The molecule has 61 heavy (non-hydrogen) atoms. The first-order valence-corrected chi connectivity index (χ1v) is 19.8. The summed E-state index contributed by atoms with van der Waals surface area (Å²) in [5.74, 6) is -1.30. The number of ether oxygens (including phenoxy) is 1. The molecule has 306 valence electrons. The van der Waals surface area contributed by atoms with Gasteiger partial charge in [0.15, 0.2) is 12.2 Å². The van der Waals surface area contributed by atoms with Crippen LogP contribution in [0, 0.1) is 0 Å². The number of anilines is 2. The Bertz CT molecular complexity index is 3000. The van der Waals surface area contributed by atoms with E-state index in [1.807, 2.05) is 0 Å². The Hall–Kier alpha value is -7.46. The van der Waals surface area contributed by atoms with Gasteiger partial charge in [-0.2, -0.15) is 28.9 Å². The molecule has 0 aliphatic heterocycles. The fourth-order valence-electron chi connectivity index (χ4n) is 5.81. The average Bonchev–Trinajstić information content (AvgIpc) is 3.26. The second kappa shape index (κ2) is 18.6. The summed E-state index contributed by atoms with van der Waals surface area (Å²) in [5.41, 5.74) is 3.84. The van der Waals surface area contributed by atoms with E-state index in [-0.39, 0.29) is 26.8 Å². The standard InChI is InChI=1S/C41H30N8O10S2/c1-57-23-42-36-22-32(47-49-39-37(60-59-58-53)20-26-7-10-30(21-34(26)40(39)50)43-27-8-5-24(6-9-27)41(51)52)16-18-35(36)48-45-29-13-11-28(12-14-29)44-46-31-15-17-33-25(19-31)3-2-4-38(33)61(54,55)56/h2-23,43,50,53H,1H3,(H,51,52)(H,54,55,56). The maximum atomic E-state index is 11.7. The van der Waals surface area contributed by atoms with E-state index in [1.54, 1.807) is 103 Å². The number of phenols is 1. The second-order valence-corrected chi connectivity index (χ2v) is 14.8. The van der Waals surface area contributed by atoms with E-state index < -0.39 is 16.1 Å². The smallest absolute Gasteiger partial charge is 0.335 e. The van der Waals surface area contributed by atoms with Crippen LogP contribution >= 0.6 is 12.0 Å². The third-order valence-electron chi connectivity index (χ3n) is 8.65. The molecule has 0 atom stereocenters. The zero-order valence-electron chi connectivity index (χ0n) is 31.4. The zero-order chi connectivity index (χ0) is 42.9. The highest BCUT2D eigenvalue weighted by Crippen LogP contribution is 2.45. The third kappa shape index (κ3) is 10.2. The van der Waals surface area contributed by atoms with Crippen LogP contribution in [0.5, 0.6) is 5.75 Å². The van der Waals surface area contributed by atoms with Crippen LogP contribution < -0.4 is 5.32 Å². The number of aliphatic imine (C=N–C) groups is 1. The van der Waals surface area contributed by atoms with Gasteiger partial charge in [-0.1, -0.05) is 29.3 Å². The van der Waals surface area contributed by atoms with Crippen LogP contribution in [0.1, 0.15) is 10.4 Å². The minimum absolute atomic E-state index is 0.00210. The summed E-state index contributed by atoms with van der Waals surface area (Å²) in [6.45, 7) is 0. The molecule has 0 aliphatic carbocycles. The molecule has 20 heteroatoms. The number of nitrogens with one attached hydrogen (secondary N) is 1. The van der Waals surface area contributed by atoms with Crippen molar-refractivity contribution in [1.82, 2.24) is 0 Å². The molecule has 0 aromatic heterocycles. The maximum absolute atomic E-state index is 11.7. The molecule has 0 unspecified atom stereocenters. The molecule has 0 radical (unpaired) electrons. The lowest BCUT2D eigenvalue weighted by Crippen LogP contribution is -1.98. The summed E-state index contributed by atoms with van der Waals surface area (Å²) >= 11 is 0.595. The van der Waals surface area contributed by atoms with E-state index >= 15 is 0 Å². The van der Waals surface area contributed by atoms with Gasteiger partial charge in [0.1, 0.15) is 16.3 Å². The lowest BCUT2D eigenvalue weighted by Gasteiger charge is -2.12. The predicted octanol–water partition coefficient (Wildman–Crippen LogP) is 12.4. The molecule has 0 saturated carbocycles. The minimum Gasteiger partial charge on any atom is -0.505 e. The van der Waals surface area contributed by atoms with E-state index in [9.17, 15) is 28.0 Å². The average molecular weight is 859 g/mol. The number of fused-ring (bicyclic) bond motifs is 2. The first-order chi connectivity index (χ1) is 29.5. The van der Waals surface area contributed by atoms with Gasteiger partial charge in [-0.05, 0) is 114 Å². The number of methoxy groups -OCH3 is 1. The van der Waals surface area contributed by atoms with Crippen molar-refractivity contribution in [3.63, 3.8) is 0 Å². The molecular weight excluding hydrogens is 829 g/mol. The van der Waals surface area contributed by atoms with Crippen molar-refractivity contribution >= 4 is 107 Å². The van der Waals surface area contributed by atoms with E-state index in [1.165, 1.54) is 37.8 Å². The van der Waals surface area contributed by atoms with Gasteiger partial charge in [-0.25, -0.2) is 15.0 Å². The first kappa shape index (κ1) is 41.7. The Labute approximate surface area is 350 Å². The Morgan fingerprint density at radius 2 is 1.33 bits per heavy atom. The number of hydrogen-bond donors (Lipinski definition) is 5. The summed E-state index contributed by atoms with van der Waals surface area (Å²) < 4.78 is 42.7. The van der Waals surface area contributed by atoms with Crippen LogP contribution in [0.3, 0.4) is 0 Å². The molecule has 0 spiro atoms. The van der Waals surface area contributed by atoms with E-state index in [0.29, 0.717) is 79.1 Å². The summed E-state index contributed by atoms with van der Waals surface area (Å²) in [6.07, 6.45) is 1.21. The largest absolute Gasteiger partial charge is 0.505 e. The highest BCUT2D eigenvalue weighted by atomic mass is 32.2. The highest BCUT2D eigenvalue weighted by molar-refractivity contribution is 7.94. The molecule has 0 bridgehead atoms. The molecule has 5 N–H and O–H groups in total. The van der Waals surface area contributed by atoms with Crippen molar-refractivity contribution in [2.75, 3.05) is 12.4 Å². The van der Waals surface area contributed by atoms with Crippen molar-refractivity contribution in [1.29, 1.82) is 0 Å². The van der Waals surface area contributed by atoms with Gasteiger partial charge in [0, 0.05) is 22.1 Å². The van der Waals surface area contributed by atoms with Crippen molar-refractivity contribution in [2.24, 2.45) is 35.7 Å². The Morgan fingerprint density at radius 3 is 2.03 bits per heavy atom. The molecule has 18 nitrogen and oxygen atoms in total. The zero-order valence-corrected chi connectivity index (χ0v) is 33.0. The van der Waals surface area contributed by atoms with E-state index in [4.69, 9.17) is 9.99 Å². The number of carboxylic acid groups (broad SMARTS) is 1. The van der Waals surface area contributed by atoms with Crippen molar-refractivity contribution in [3.05, 3.63) is 133 Å².